The van der Waals surface area contributed by atoms with Crippen molar-refractivity contribution in [1.82, 2.24) is 5.32 Å². The van der Waals surface area contributed by atoms with Crippen molar-refractivity contribution >= 4 is 45.2 Å². The van der Waals surface area contributed by atoms with Crippen LogP contribution in [0, 0.1) is 0 Å². The molecular formula is C10H18N4O6S2. The Morgan fingerprint density at radius 2 is 1.77 bits per heavy atom. The number of carbonyl (C=O) groups excluding carboxylic acids is 2. The average molecular weight is 354 g/mol. The summed E-state index contributed by atoms with van der Waals surface area (Å²) in [7, 11) is 1.90. The van der Waals surface area contributed by atoms with Gasteiger partial charge >= 0.3 is 11.9 Å². The predicted molar refractivity (Wildman–Crippen MR) is 82.2 cm³/mol. The minimum absolute atomic E-state index is 0.0216. The molecule has 0 aromatic rings. The number of aliphatic carboxylic acids is 2. The van der Waals surface area contributed by atoms with Crippen molar-refractivity contribution in [3.63, 3.8) is 0 Å². The first-order valence-corrected chi connectivity index (χ1v) is 8.39. The third-order valence-corrected chi connectivity index (χ3v) is 4.94. The first kappa shape index (κ1) is 20.7. The molecule has 9 N–H and O–H groups in total. The number of hydrogen-bond acceptors (Lipinski definition) is 9. The molecule has 10 nitrogen and oxygen atoms in total. The Hall–Kier alpha value is -1.34. The Balaban J connectivity index is 4.49. The van der Waals surface area contributed by atoms with Crippen LogP contribution < -0.4 is 22.5 Å². The molecule has 1 amide bonds. The Bertz CT molecular complexity index is 449. The van der Waals surface area contributed by atoms with E-state index in [0.29, 0.717) is 0 Å². The molecule has 0 saturated carbocycles. The topological polar surface area (TPSA) is 199 Å². The minimum Gasteiger partial charge on any atom is -0.480 e. The van der Waals surface area contributed by atoms with Crippen LogP contribution in [-0.4, -0.2) is 70.0 Å². The second-order valence-corrected chi connectivity index (χ2v) is 6.68. The maximum Gasteiger partial charge on any atom is 0.332 e. The summed E-state index contributed by atoms with van der Waals surface area (Å²) in [5, 5.41) is 19.8. The standard InChI is InChI=1S/C10H18N4O6S2/c11-1-7(16)14-2-6(15)10(13,9(19)20)4-22-21-3-5(12)8(17)18/h5H,1-4,11-13H2,(H,14,16)(H,17,18)(H,19,20). The molecule has 22 heavy (non-hydrogen) atoms. The summed E-state index contributed by atoms with van der Waals surface area (Å²) < 4.78 is 0. The van der Waals surface area contributed by atoms with Gasteiger partial charge in [0, 0.05) is 11.5 Å². The maximum atomic E-state index is 11.9. The van der Waals surface area contributed by atoms with Crippen LogP contribution in [0.1, 0.15) is 0 Å². The summed E-state index contributed by atoms with van der Waals surface area (Å²) in [4.78, 5) is 44.5. The van der Waals surface area contributed by atoms with Gasteiger partial charge in [0.25, 0.3) is 0 Å². The van der Waals surface area contributed by atoms with E-state index in [-0.39, 0.29) is 18.1 Å². The van der Waals surface area contributed by atoms with Crippen LogP contribution in [0.25, 0.3) is 0 Å². The van der Waals surface area contributed by atoms with Crippen LogP contribution in [-0.2, 0) is 19.2 Å². The number of amides is 1. The van der Waals surface area contributed by atoms with Crippen LogP contribution in [0.15, 0.2) is 0 Å². The predicted octanol–water partition coefficient (Wildman–Crippen LogP) is -2.79. The van der Waals surface area contributed by atoms with Crippen molar-refractivity contribution in [2.24, 2.45) is 17.2 Å². The zero-order chi connectivity index (χ0) is 17.3. The van der Waals surface area contributed by atoms with Gasteiger partial charge in [0.05, 0.1) is 13.1 Å². The van der Waals surface area contributed by atoms with E-state index in [0.717, 1.165) is 21.6 Å². The highest BCUT2D eigenvalue weighted by molar-refractivity contribution is 8.76. The number of carboxylic acid groups (broad SMARTS) is 2. The van der Waals surface area contributed by atoms with Crippen molar-refractivity contribution in [3.8, 4) is 0 Å². The fraction of sp³-hybridized carbons (Fsp3) is 0.600. The molecule has 0 rings (SSSR count). The van der Waals surface area contributed by atoms with Gasteiger partial charge in [-0.3, -0.25) is 14.4 Å². The number of nitrogens with two attached hydrogens (primary N) is 3. The molecule has 0 aliphatic carbocycles. The number of hydrogen-bond donors (Lipinski definition) is 6. The quantitative estimate of drug-likeness (QED) is 0.127. The van der Waals surface area contributed by atoms with Crippen LogP contribution in [0.5, 0.6) is 0 Å². The molecule has 0 aromatic heterocycles. The number of Topliss-reactive ketones (excluding diaryl/α,β-unsaturated/α-hetero) is 1. The lowest BCUT2D eigenvalue weighted by Crippen LogP contribution is -2.60. The molecule has 0 aromatic carbocycles. The Kier molecular flexibility index (Phi) is 9.04. The summed E-state index contributed by atoms with van der Waals surface area (Å²) in [5.41, 5.74) is 13.7. The third-order valence-electron chi connectivity index (χ3n) is 2.45. The first-order chi connectivity index (χ1) is 10.1. The highest BCUT2D eigenvalue weighted by Crippen LogP contribution is 2.26. The Labute approximate surface area is 133 Å². The number of carboxylic acids is 2. The summed E-state index contributed by atoms with van der Waals surface area (Å²) in [6.45, 7) is -0.895. The van der Waals surface area contributed by atoms with E-state index in [9.17, 15) is 19.2 Å². The Morgan fingerprint density at radius 1 is 1.18 bits per heavy atom. The molecule has 2 unspecified atom stereocenters. The average Bonchev–Trinajstić information content (AvgIpc) is 2.47. The minimum atomic E-state index is -2.20. The van der Waals surface area contributed by atoms with Crippen LogP contribution in [0.4, 0.5) is 0 Å². The van der Waals surface area contributed by atoms with Crippen molar-refractivity contribution in [1.29, 1.82) is 0 Å². The zero-order valence-electron chi connectivity index (χ0n) is 11.5. The molecule has 0 aliphatic heterocycles. The molecule has 0 saturated heterocycles. The monoisotopic (exact) mass is 354 g/mol. The van der Waals surface area contributed by atoms with Crippen LogP contribution >= 0.6 is 21.6 Å². The van der Waals surface area contributed by atoms with Crippen molar-refractivity contribution in [2.45, 2.75) is 11.6 Å². The zero-order valence-corrected chi connectivity index (χ0v) is 13.1. The maximum absolute atomic E-state index is 11.9. The van der Waals surface area contributed by atoms with Gasteiger partial charge in [0.15, 0.2) is 11.3 Å². The molecule has 126 valence electrons. The van der Waals surface area contributed by atoms with Crippen molar-refractivity contribution < 1.29 is 29.4 Å². The van der Waals surface area contributed by atoms with Gasteiger partial charge in [0.2, 0.25) is 5.91 Å². The van der Waals surface area contributed by atoms with Gasteiger partial charge in [-0.25, -0.2) is 4.79 Å². The van der Waals surface area contributed by atoms with Crippen molar-refractivity contribution in [3.05, 3.63) is 0 Å². The molecule has 0 bridgehead atoms. The molecule has 2 atom stereocenters. The number of carbonyl (C=O) groups is 4. The summed E-state index contributed by atoms with van der Waals surface area (Å²) in [6, 6.07) is -1.10. The summed E-state index contributed by atoms with van der Waals surface area (Å²) >= 11 is 0. The normalized spacial score (nSPS) is 14.7. The molecule has 0 spiro atoms. The molecular weight excluding hydrogens is 336 g/mol. The fourth-order valence-corrected chi connectivity index (χ4v) is 3.47. The van der Waals surface area contributed by atoms with Crippen LogP contribution in [0.2, 0.25) is 0 Å². The molecule has 0 heterocycles. The van der Waals surface area contributed by atoms with E-state index < -0.39 is 41.8 Å². The molecule has 0 radical (unpaired) electrons. The lowest BCUT2D eigenvalue weighted by Gasteiger charge is -2.22. The lowest BCUT2D eigenvalue weighted by atomic mass is 9.98. The van der Waals surface area contributed by atoms with E-state index >= 15 is 0 Å². The van der Waals surface area contributed by atoms with Crippen molar-refractivity contribution in [2.75, 3.05) is 24.6 Å². The van der Waals surface area contributed by atoms with Gasteiger partial charge in [-0.05, 0) is 0 Å². The first-order valence-electron chi connectivity index (χ1n) is 5.90. The van der Waals surface area contributed by atoms with Gasteiger partial charge in [-0.15, -0.1) is 0 Å². The molecule has 0 fully saturated rings. The lowest BCUT2D eigenvalue weighted by molar-refractivity contribution is -0.147. The number of nitrogens with one attached hydrogen (secondary N) is 1. The van der Waals surface area contributed by atoms with Gasteiger partial charge in [0.1, 0.15) is 6.04 Å². The van der Waals surface area contributed by atoms with E-state index in [1.807, 2.05) is 0 Å². The highest BCUT2D eigenvalue weighted by atomic mass is 33.1. The smallest absolute Gasteiger partial charge is 0.332 e. The highest BCUT2D eigenvalue weighted by Gasteiger charge is 2.41. The van der Waals surface area contributed by atoms with Gasteiger partial charge in [-0.2, -0.15) is 0 Å². The number of rotatable bonds is 11. The van der Waals surface area contributed by atoms with E-state index in [1.165, 1.54) is 0 Å². The number of ketones is 1. The second kappa shape index (κ2) is 9.63. The SMILES string of the molecule is NCC(=O)NCC(=O)C(N)(CSSCC(N)C(=O)O)C(=O)O. The van der Waals surface area contributed by atoms with Crippen LogP contribution in [0.3, 0.4) is 0 Å². The molecule has 12 heteroatoms. The van der Waals surface area contributed by atoms with Gasteiger partial charge in [-0.1, -0.05) is 21.6 Å². The summed E-state index contributed by atoms with van der Waals surface area (Å²) in [6.07, 6.45) is 0. The second-order valence-electron chi connectivity index (χ2n) is 4.17. The summed E-state index contributed by atoms with van der Waals surface area (Å²) in [5.74, 6) is -4.53. The van der Waals surface area contributed by atoms with E-state index in [1.54, 1.807) is 0 Å². The molecule has 0 aliphatic rings. The van der Waals surface area contributed by atoms with E-state index in [2.05, 4.69) is 5.32 Å². The largest absolute Gasteiger partial charge is 0.480 e. The Morgan fingerprint density at radius 3 is 2.23 bits per heavy atom. The fourth-order valence-electron chi connectivity index (χ4n) is 0.998. The third kappa shape index (κ3) is 6.62. The van der Waals surface area contributed by atoms with Gasteiger partial charge < -0.3 is 32.7 Å². The van der Waals surface area contributed by atoms with E-state index in [4.69, 9.17) is 27.4 Å².